The van der Waals surface area contributed by atoms with Gasteiger partial charge in [-0.2, -0.15) is 0 Å². The van der Waals surface area contributed by atoms with Crippen molar-refractivity contribution in [1.82, 2.24) is 14.8 Å². The average Bonchev–Trinajstić information content (AvgIpc) is 3.14. The van der Waals surface area contributed by atoms with Crippen molar-refractivity contribution in [2.45, 2.75) is 18.6 Å². The van der Waals surface area contributed by atoms with E-state index in [4.69, 9.17) is 9.47 Å². The van der Waals surface area contributed by atoms with Crippen molar-refractivity contribution < 1.29 is 18.7 Å². The number of methoxy groups -OCH3 is 2. The third-order valence-electron chi connectivity index (χ3n) is 4.19. The van der Waals surface area contributed by atoms with E-state index in [9.17, 15) is 9.18 Å². The summed E-state index contributed by atoms with van der Waals surface area (Å²) >= 11 is 1.26. The predicted octanol–water partition coefficient (Wildman–Crippen LogP) is 4.10. The Labute approximate surface area is 166 Å². The van der Waals surface area contributed by atoms with Crippen molar-refractivity contribution in [3.05, 3.63) is 53.8 Å². The van der Waals surface area contributed by atoms with Crippen molar-refractivity contribution in [1.29, 1.82) is 0 Å². The number of nitrogens with zero attached hydrogens (tertiary/aromatic N) is 3. The fourth-order valence-corrected chi connectivity index (χ4v) is 3.64. The molecule has 3 aromatic rings. The third kappa shape index (κ3) is 4.01. The molecular weight excluding hydrogens is 381 g/mol. The number of hydrogen-bond donors (Lipinski definition) is 0. The highest BCUT2D eigenvalue weighted by molar-refractivity contribution is 7.99. The van der Waals surface area contributed by atoms with E-state index in [2.05, 4.69) is 10.2 Å². The van der Waals surface area contributed by atoms with Gasteiger partial charge in [-0.05, 0) is 37.3 Å². The molecule has 28 heavy (non-hydrogen) atoms. The molecule has 1 heterocycles. The Hall–Kier alpha value is -2.87. The first-order chi connectivity index (χ1) is 13.6. The number of halogens is 1. The smallest absolute Gasteiger partial charge is 0.191 e. The third-order valence-corrected chi connectivity index (χ3v) is 5.15. The topological polar surface area (TPSA) is 66.2 Å². The highest BCUT2D eigenvalue weighted by atomic mass is 32.2. The molecule has 8 heteroatoms. The van der Waals surface area contributed by atoms with Gasteiger partial charge in [0, 0.05) is 12.1 Å². The highest BCUT2D eigenvalue weighted by Gasteiger charge is 2.18. The maximum Gasteiger partial charge on any atom is 0.191 e. The van der Waals surface area contributed by atoms with Gasteiger partial charge in [0.1, 0.15) is 5.82 Å². The van der Waals surface area contributed by atoms with Crippen molar-refractivity contribution in [2.75, 3.05) is 20.0 Å². The molecule has 0 saturated heterocycles. The highest BCUT2D eigenvalue weighted by Crippen LogP contribution is 2.29. The van der Waals surface area contributed by atoms with Crippen LogP contribution in [-0.2, 0) is 6.54 Å². The van der Waals surface area contributed by atoms with E-state index >= 15 is 0 Å². The summed E-state index contributed by atoms with van der Waals surface area (Å²) in [5.74, 6) is 1.24. The van der Waals surface area contributed by atoms with E-state index in [0.717, 1.165) is 0 Å². The van der Waals surface area contributed by atoms with E-state index in [0.29, 0.717) is 40.2 Å². The summed E-state index contributed by atoms with van der Waals surface area (Å²) in [4.78, 5) is 12.6. The summed E-state index contributed by atoms with van der Waals surface area (Å²) in [6.45, 7) is 2.48. The Morgan fingerprint density at radius 2 is 1.86 bits per heavy atom. The minimum Gasteiger partial charge on any atom is -0.493 e. The number of benzene rings is 2. The fraction of sp³-hybridized carbons (Fsp3) is 0.250. The zero-order chi connectivity index (χ0) is 20.1. The Balaban J connectivity index is 1.78. The SMILES string of the molecule is CCn1c(SCC(=O)c2ccc(OC)c(OC)c2)nnc1-c1ccccc1F. The van der Waals surface area contributed by atoms with Crippen LogP contribution >= 0.6 is 11.8 Å². The lowest BCUT2D eigenvalue weighted by Crippen LogP contribution is -2.06. The molecule has 3 rings (SSSR count). The van der Waals surface area contributed by atoms with Gasteiger partial charge in [0.05, 0.1) is 25.5 Å². The predicted molar refractivity (Wildman–Crippen MR) is 106 cm³/mol. The molecule has 0 radical (unpaired) electrons. The lowest BCUT2D eigenvalue weighted by atomic mass is 10.1. The van der Waals surface area contributed by atoms with Gasteiger partial charge in [0.15, 0.2) is 28.3 Å². The lowest BCUT2D eigenvalue weighted by molar-refractivity contribution is 0.102. The molecule has 0 saturated carbocycles. The Morgan fingerprint density at radius 3 is 2.54 bits per heavy atom. The summed E-state index contributed by atoms with van der Waals surface area (Å²) in [5.41, 5.74) is 0.900. The minimum absolute atomic E-state index is 0.0796. The van der Waals surface area contributed by atoms with Crippen LogP contribution in [0.3, 0.4) is 0 Å². The molecule has 0 unspecified atom stereocenters. The second-order valence-electron chi connectivity index (χ2n) is 5.81. The second-order valence-corrected chi connectivity index (χ2v) is 6.75. The Morgan fingerprint density at radius 1 is 1.11 bits per heavy atom. The van der Waals surface area contributed by atoms with Gasteiger partial charge < -0.3 is 14.0 Å². The molecule has 1 aromatic heterocycles. The van der Waals surface area contributed by atoms with E-state index in [1.165, 1.54) is 24.9 Å². The molecule has 0 aliphatic carbocycles. The number of carbonyl (C=O) groups is 1. The molecule has 0 amide bonds. The van der Waals surface area contributed by atoms with Crippen molar-refractivity contribution in [3.8, 4) is 22.9 Å². The van der Waals surface area contributed by atoms with Crippen molar-refractivity contribution in [3.63, 3.8) is 0 Å². The Kier molecular flexibility index (Phi) is 6.30. The van der Waals surface area contributed by atoms with Crippen LogP contribution in [0.15, 0.2) is 47.6 Å². The quantitative estimate of drug-likeness (QED) is 0.418. The molecule has 0 aliphatic rings. The molecule has 6 nitrogen and oxygen atoms in total. The van der Waals surface area contributed by atoms with Crippen LogP contribution < -0.4 is 9.47 Å². The van der Waals surface area contributed by atoms with Gasteiger partial charge >= 0.3 is 0 Å². The summed E-state index contributed by atoms with van der Waals surface area (Å²) in [6.07, 6.45) is 0. The molecule has 146 valence electrons. The zero-order valence-corrected chi connectivity index (χ0v) is 16.6. The molecular formula is C20H20FN3O3S. The van der Waals surface area contributed by atoms with Gasteiger partial charge in [0.2, 0.25) is 0 Å². The van der Waals surface area contributed by atoms with Crippen LogP contribution in [-0.4, -0.2) is 40.5 Å². The molecule has 0 atom stereocenters. The summed E-state index contributed by atoms with van der Waals surface area (Å²) < 4.78 is 26.3. The van der Waals surface area contributed by atoms with Crippen LogP contribution in [0.5, 0.6) is 11.5 Å². The van der Waals surface area contributed by atoms with Gasteiger partial charge in [-0.15, -0.1) is 10.2 Å². The maximum atomic E-state index is 14.1. The first-order valence-electron chi connectivity index (χ1n) is 8.65. The van der Waals surface area contributed by atoms with Crippen LogP contribution in [0, 0.1) is 5.82 Å². The summed E-state index contributed by atoms with van der Waals surface area (Å²) in [7, 11) is 3.06. The largest absolute Gasteiger partial charge is 0.493 e. The van der Waals surface area contributed by atoms with Gasteiger partial charge in [-0.25, -0.2) is 4.39 Å². The number of hydrogen-bond acceptors (Lipinski definition) is 6. The van der Waals surface area contributed by atoms with E-state index in [-0.39, 0.29) is 17.4 Å². The van der Waals surface area contributed by atoms with Crippen LogP contribution in [0.25, 0.3) is 11.4 Å². The number of carbonyl (C=O) groups excluding carboxylic acids is 1. The van der Waals surface area contributed by atoms with Crippen molar-refractivity contribution in [2.24, 2.45) is 0 Å². The average molecular weight is 401 g/mol. The summed E-state index contributed by atoms with van der Waals surface area (Å²) in [5, 5.41) is 8.83. The van der Waals surface area contributed by atoms with E-state index in [1.807, 2.05) is 6.92 Å². The number of thioether (sulfide) groups is 1. The fourth-order valence-electron chi connectivity index (χ4n) is 2.75. The zero-order valence-electron chi connectivity index (χ0n) is 15.8. The van der Waals surface area contributed by atoms with E-state index in [1.54, 1.807) is 48.1 Å². The van der Waals surface area contributed by atoms with Gasteiger partial charge in [0.25, 0.3) is 0 Å². The molecule has 0 aliphatic heterocycles. The standard InChI is InChI=1S/C20H20FN3O3S/c1-4-24-19(14-7-5-6-8-15(14)21)22-23-20(24)28-12-16(25)13-9-10-17(26-2)18(11-13)27-3/h5-11H,4,12H2,1-3H3. The minimum atomic E-state index is -0.359. The first kappa shape index (κ1) is 19.9. The summed E-state index contributed by atoms with van der Waals surface area (Å²) in [6, 6.07) is 11.5. The van der Waals surface area contributed by atoms with Crippen LogP contribution in [0.1, 0.15) is 17.3 Å². The number of ether oxygens (including phenoxy) is 2. The Bertz CT molecular complexity index is 991. The van der Waals surface area contributed by atoms with E-state index < -0.39 is 0 Å². The van der Waals surface area contributed by atoms with Crippen LogP contribution in [0.4, 0.5) is 4.39 Å². The molecule has 0 fully saturated rings. The number of aromatic nitrogens is 3. The van der Waals surface area contributed by atoms with Crippen LogP contribution in [0.2, 0.25) is 0 Å². The number of rotatable bonds is 8. The molecule has 0 bridgehead atoms. The maximum absolute atomic E-state index is 14.1. The number of ketones is 1. The molecule has 2 aromatic carbocycles. The number of Topliss-reactive ketones (excluding diaryl/α,β-unsaturated/α-hetero) is 1. The molecule has 0 N–H and O–H groups in total. The van der Waals surface area contributed by atoms with Crippen molar-refractivity contribution >= 4 is 17.5 Å². The monoisotopic (exact) mass is 401 g/mol. The second kappa shape index (κ2) is 8.88. The van der Waals surface area contributed by atoms with Gasteiger partial charge in [-0.1, -0.05) is 23.9 Å². The molecule has 0 spiro atoms. The van der Waals surface area contributed by atoms with Gasteiger partial charge in [-0.3, -0.25) is 4.79 Å². The lowest BCUT2D eigenvalue weighted by Gasteiger charge is -2.09. The normalized spacial score (nSPS) is 10.7. The first-order valence-corrected chi connectivity index (χ1v) is 9.63.